The van der Waals surface area contributed by atoms with E-state index in [-0.39, 0.29) is 31.1 Å². The summed E-state index contributed by atoms with van der Waals surface area (Å²) in [5, 5.41) is 19.1. The summed E-state index contributed by atoms with van der Waals surface area (Å²) in [6, 6.07) is 31.7. The summed E-state index contributed by atoms with van der Waals surface area (Å²) in [6.07, 6.45) is 10.1. The summed E-state index contributed by atoms with van der Waals surface area (Å²) in [5.41, 5.74) is 4.25. The van der Waals surface area contributed by atoms with Gasteiger partial charge in [-0.2, -0.15) is 0 Å². The number of ketones is 1. The van der Waals surface area contributed by atoms with Gasteiger partial charge in [0.1, 0.15) is 5.69 Å². The Labute approximate surface area is 310 Å². The van der Waals surface area contributed by atoms with Crippen molar-refractivity contribution in [2.45, 2.75) is 69.2 Å². The molecule has 0 bridgehead atoms. The molecule has 7 rings (SSSR count). The number of nitrogens with zero attached hydrogens (tertiary/aromatic N) is 5. The number of nitro benzene ring substituents is 1. The van der Waals surface area contributed by atoms with Gasteiger partial charge in [-0.25, -0.2) is 4.98 Å². The third-order valence-electron chi connectivity index (χ3n) is 8.44. The Morgan fingerprint density at radius 3 is 1.37 bits per heavy atom. The van der Waals surface area contributed by atoms with Crippen LogP contribution in [0.5, 0.6) is 0 Å². The molecule has 0 aliphatic carbocycles. The fraction of sp³-hybridized carbons (Fsp3) is 0.262. The molecule has 0 spiro atoms. The Bertz CT molecular complexity index is 2100. The van der Waals surface area contributed by atoms with Crippen LogP contribution in [0.25, 0.3) is 43.6 Å². The highest BCUT2D eigenvalue weighted by Crippen LogP contribution is 2.23. The molecule has 0 unspecified atom stereocenters. The molecule has 0 atom stereocenters. The van der Waals surface area contributed by atoms with Gasteiger partial charge in [0.15, 0.2) is 5.78 Å². The van der Waals surface area contributed by atoms with E-state index in [2.05, 4.69) is 65.0 Å². The van der Waals surface area contributed by atoms with E-state index in [0.29, 0.717) is 12.1 Å². The van der Waals surface area contributed by atoms with E-state index in [4.69, 9.17) is 0 Å². The van der Waals surface area contributed by atoms with E-state index in [1.807, 2.05) is 49.4 Å². The molecule has 7 aromatic rings. The van der Waals surface area contributed by atoms with Gasteiger partial charge in [0, 0.05) is 58.7 Å². The van der Waals surface area contributed by atoms with Crippen molar-refractivity contribution in [3.8, 4) is 0 Å². The van der Waals surface area contributed by atoms with Crippen molar-refractivity contribution in [2.24, 2.45) is 0 Å². The molecule has 0 aliphatic heterocycles. The maximum Gasteiger partial charge on any atom is 0.269 e. The van der Waals surface area contributed by atoms with Crippen LogP contribution in [0.1, 0.15) is 63.9 Å². The molecule has 0 radical (unpaired) electrons. The first-order valence-electron chi connectivity index (χ1n) is 17.9. The molecular weight excluding hydrogens is 665 g/mol. The highest BCUT2D eigenvalue weighted by Gasteiger charge is 2.12. The fourth-order valence-corrected chi connectivity index (χ4v) is 9.26. The van der Waals surface area contributed by atoms with Crippen molar-refractivity contribution < 1.29 is 15.2 Å². The molecule has 9 nitrogen and oxygen atoms in total. The first-order valence-corrected chi connectivity index (χ1v) is 20.3. The van der Waals surface area contributed by atoms with Gasteiger partial charge in [-0.15, -0.1) is 0 Å². The van der Waals surface area contributed by atoms with Crippen molar-refractivity contribution in [2.75, 3.05) is 0 Å². The van der Waals surface area contributed by atoms with Crippen LogP contribution in [0.4, 0.5) is 5.69 Å². The second-order valence-electron chi connectivity index (χ2n) is 12.2. The molecule has 0 saturated heterocycles. The van der Waals surface area contributed by atoms with Crippen molar-refractivity contribution in [1.82, 2.24) is 19.9 Å². The maximum atomic E-state index is 11.7. The Hall–Kier alpha value is -5.14. The zero-order valence-electron chi connectivity index (χ0n) is 30.5. The van der Waals surface area contributed by atoms with Gasteiger partial charge >= 0.3 is 0 Å². The van der Waals surface area contributed by atoms with Crippen LogP contribution < -0.4 is 0 Å². The lowest BCUT2D eigenvalue weighted by atomic mass is 10.1. The lowest BCUT2D eigenvalue weighted by molar-refractivity contribution is -0.384. The Balaban J connectivity index is 0.000000193. The van der Waals surface area contributed by atoms with Crippen LogP contribution in [-0.4, -0.2) is 50.3 Å². The van der Waals surface area contributed by atoms with Crippen molar-refractivity contribution in [3.05, 3.63) is 138 Å². The van der Waals surface area contributed by atoms with E-state index < -0.39 is 4.92 Å². The number of pyridine rings is 4. The lowest BCUT2D eigenvalue weighted by Crippen LogP contribution is -2.09. The molecule has 0 saturated carbocycles. The average Bonchev–Trinajstić information content (AvgIpc) is 3.18. The van der Waals surface area contributed by atoms with E-state index in [1.165, 1.54) is 31.4 Å². The molecule has 2 N–H and O–H groups in total. The highest BCUT2D eigenvalue weighted by atomic mass is 27.2. The van der Waals surface area contributed by atoms with Crippen molar-refractivity contribution in [1.29, 1.82) is 0 Å². The van der Waals surface area contributed by atoms with E-state index >= 15 is 0 Å². The quantitative estimate of drug-likeness (QED) is 0.0476. The number of carbonyl (C=O) groups is 1. The maximum absolute atomic E-state index is 11.7. The number of hydrogen-bond donors (Lipinski definition) is 0. The van der Waals surface area contributed by atoms with E-state index in [1.54, 1.807) is 58.7 Å². The normalized spacial score (nSPS) is 10.2. The fourth-order valence-electron chi connectivity index (χ4n) is 5.95. The van der Waals surface area contributed by atoms with E-state index in [9.17, 15) is 14.9 Å². The minimum atomic E-state index is -0.417. The molecule has 0 fully saturated rings. The van der Waals surface area contributed by atoms with Crippen LogP contribution in [0.15, 0.2) is 122 Å². The summed E-state index contributed by atoms with van der Waals surface area (Å²) in [4.78, 5) is 38.8. The number of non-ortho nitro benzene ring substituents is 1. The number of nitro groups is 1. The standard InChI is InChI=1S/C15H12N2O.C12H8N2.C6H5NO2.3C3H7.Al.H2O/c1-2-13(18)12-8-7-11-6-5-10-4-3-9-16-14(10)15(11)17-12;1-3-9-5-6-10-4-2-8-14-12(10)11(9)13-7-1;8-7(9)6-4-2-1-3-5-6;3*1-3-2;;/h3-9H,2H2,1H3;1-8H;1-5H;3*1,3H2,2H3;;1H2. The summed E-state index contributed by atoms with van der Waals surface area (Å²) in [5.74, 6) is 0.0600. The largest absolute Gasteiger partial charge is 0.412 e. The molecule has 52 heavy (non-hydrogen) atoms. The zero-order chi connectivity index (χ0) is 36.4. The molecule has 0 amide bonds. The van der Waals surface area contributed by atoms with Crippen molar-refractivity contribution >= 4 is 69.2 Å². The number of para-hydroxylation sites is 1. The number of carbonyl (C=O) groups excluding carboxylic acids is 1. The SMILES string of the molecule is CCC(=O)c1ccc2ccc3cccnc3c2n1.CC[CH2][Al]([CH2]CC)[CH2]CC.O.O=[N+]([O-])c1ccccc1.c1cnc2c(c1)ccc1cccnc12. The number of aromatic nitrogens is 4. The molecule has 4 heterocycles. The first-order chi connectivity index (χ1) is 24.9. The minimum Gasteiger partial charge on any atom is -0.412 e. The number of Topliss-reactive ketones (excluding diaryl/α,β-unsaturated/α-hetero) is 1. The number of fused-ring (bicyclic) bond motifs is 6. The minimum absolute atomic E-state index is 0. The predicted octanol–water partition coefficient (Wildman–Crippen LogP) is 10.6. The second-order valence-corrected chi connectivity index (χ2v) is 15.7. The molecular formula is C42H48AlN5O4. The monoisotopic (exact) mass is 713 g/mol. The van der Waals surface area contributed by atoms with Crippen LogP contribution in [0, 0.1) is 10.1 Å². The third-order valence-corrected chi connectivity index (χ3v) is 12.6. The van der Waals surface area contributed by atoms with E-state index in [0.717, 1.165) is 43.6 Å². The van der Waals surface area contributed by atoms with Gasteiger partial charge in [0.2, 0.25) is 0 Å². The zero-order valence-corrected chi connectivity index (χ0v) is 31.7. The second kappa shape index (κ2) is 21.9. The van der Waals surface area contributed by atoms with Gasteiger partial charge in [-0.3, -0.25) is 29.9 Å². The number of hydrogen-bond acceptors (Lipinski definition) is 7. The molecule has 0 aliphatic rings. The van der Waals surface area contributed by atoms with Gasteiger partial charge in [0.05, 0.1) is 27.0 Å². The van der Waals surface area contributed by atoms with Crippen molar-refractivity contribution in [3.63, 3.8) is 0 Å². The Kier molecular flexibility index (Phi) is 17.4. The number of rotatable bonds is 9. The topological polar surface area (TPSA) is 143 Å². The average molecular weight is 714 g/mol. The summed E-state index contributed by atoms with van der Waals surface area (Å²) in [7, 11) is 0. The summed E-state index contributed by atoms with van der Waals surface area (Å²) in [6.45, 7) is 8.82. The molecule has 3 aromatic carbocycles. The van der Waals surface area contributed by atoms with Gasteiger partial charge in [-0.1, -0.05) is 130 Å². The molecule has 10 heteroatoms. The Morgan fingerprint density at radius 1 is 0.577 bits per heavy atom. The van der Waals surface area contributed by atoms with Crippen LogP contribution in [0.3, 0.4) is 0 Å². The van der Waals surface area contributed by atoms with Crippen LogP contribution >= 0.6 is 0 Å². The Morgan fingerprint density at radius 2 is 0.981 bits per heavy atom. The molecule has 4 aromatic heterocycles. The smallest absolute Gasteiger partial charge is 0.269 e. The van der Waals surface area contributed by atoms with Crippen LogP contribution in [-0.2, 0) is 0 Å². The number of benzene rings is 3. The van der Waals surface area contributed by atoms with Gasteiger partial charge in [0.25, 0.3) is 19.8 Å². The summed E-state index contributed by atoms with van der Waals surface area (Å²) < 4.78 is 0. The summed E-state index contributed by atoms with van der Waals surface area (Å²) >= 11 is -0.234. The third kappa shape index (κ3) is 11.7. The molecule has 268 valence electrons. The van der Waals surface area contributed by atoms with Crippen LogP contribution in [0.2, 0.25) is 15.8 Å². The van der Waals surface area contributed by atoms with Gasteiger partial charge < -0.3 is 5.48 Å². The first kappa shape index (κ1) is 41.3. The highest BCUT2D eigenvalue weighted by molar-refractivity contribution is 6.58. The predicted molar refractivity (Wildman–Crippen MR) is 216 cm³/mol. The lowest BCUT2D eigenvalue weighted by Gasteiger charge is -2.06. The van der Waals surface area contributed by atoms with Gasteiger partial charge in [-0.05, 0) is 24.3 Å².